The van der Waals surface area contributed by atoms with Crippen LogP contribution in [-0.2, 0) is 14.3 Å². The highest BCUT2D eigenvalue weighted by molar-refractivity contribution is 6.30. The number of benzene rings is 2. The van der Waals surface area contributed by atoms with Gasteiger partial charge in [-0.3, -0.25) is 14.9 Å². The second-order valence-electron chi connectivity index (χ2n) is 5.55. The number of nitro benzene ring substituents is 1. The van der Waals surface area contributed by atoms with E-state index >= 15 is 0 Å². The van der Waals surface area contributed by atoms with Crippen molar-refractivity contribution in [3.63, 3.8) is 0 Å². The molecule has 0 aromatic heterocycles. The van der Waals surface area contributed by atoms with Gasteiger partial charge < -0.3 is 19.5 Å². The molecule has 2 aromatic carbocycles. The number of hydrogen-bond donors (Lipinski definition) is 1. The summed E-state index contributed by atoms with van der Waals surface area (Å²) in [6, 6.07) is 8.85. The molecule has 10 heteroatoms. The summed E-state index contributed by atoms with van der Waals surface area (Å²) >= 11 is 5.84. The maximum Gasteiger partial charge on any atom is 0.344 e. The first-order valence-corrected chi connectivity index (χ1v) is 8.35. The number of ether oxygens (including phenoxy) is 3. The van der Waals surface area contributed by atoms with E-state index in [-0.39, 0.29) is 17.1 Å². The predicted molar refractivity (Wildman–Crippen MR) is 101 cm³/mol. The van der Waals surface area contributed by atoms with Crippen LogP contribution in [0.25, 0.3) is 0 Å². The molecular formula is C18H17ClN2O7. The van der Waals surface area contributed by atoms with E-state index in [1.54, 1.807) is 25.1 Å². The van der Waals surface area contributed by atoms with Gasteiger partial charge in [-0.2, -0.15) is 0 Å². The van der Waals surface area contributed by atoms with Crippen molar-refractivity contribution in [1.82, 2.24) is 0 Å². The number of anilines is 1. The summed E-state index contributed by atoms with van der Waals surface area (Å²) in [6.07, 6.45) is 0. The summed E-state index contributed by atoms with van der Waals surface area (Å²) in [6.45, 7) is 0.741. The quantitative estimate of drug-likeness (QED) is 0.405. The molecule has 1 amide bonds. The molecule has 1 N–H and O–H groups in total. The van der Waals surface area contributed by atoms with Crippen molar-refractivity contribution in [3.05, 3.63) is 57.1 Å². The number of nitro groups is 1. The lowest BCUT2D eigenvalue weighted by Gasteiger charge is -2.10. The number of nitrogens with one attached hydrogen (secondary N) is 1. The van der Waals surface area contributed by atoms with Crippen LogP contribution < -0.4 is 14.8 Å². The van der Waals surface area contributed by atoms with Crippen LogP contribution in [0.15, 0.2) is 36.4 Å². The molecule has 0 atom stereocenters. The summed E-state index contributed by atoms with van der Waals surface area (Å²) in [5.74, 6) is -0.775. The van der Waals surface area contributed by atoms with E-state index in [0.29, 0.717) is 10.8 Å². The van der Waals surface area contributed by atoms with E-state index in [1.807, 2.05) is 0 Å². The molecule has 0 unspecified atom stereocenters. The van der Waals surface area contributed by atoms with Crippen LogP contribution in [0, 0.1) is 17.0 Å². The Balaban J connectivity index is 1.86. The number of aryl methyl sites for hydroxylation is 1. The molecule has 0 fully saturated rings. The van der Waals surface area contributed by atoms with Gasteiger partial charge in [0.25, 0.3) is 11.6 Å². The number of nitrogens with zero attached hydrogens (tertiary/aromatic N) is 1. The van der Waals surface area contributed by atoms with Crippen LogP contribution in [-0.4, -0.2) is 37.1 Å². The van der Waals surface area contributed by atoms with E-state index in [1.165, 1.54) is 25.3 Å². The normalized spacial score (nSPS) is 10.1. The largest absolute Gasteiger partial charge is 0.496 e. The van der Waals surface area contributed by atoms with Gasteiger partial charge in [0, 0.05) is 5.02 Å². The third-order valence-electron chi connectivity index (χ3n) is 3.52. The minimum atomic E-state index is -0.770. The van der Waals surface area contributed by atoms with Gasteiger partial charge in [-0.15, -0.1) is 0 Å². The van der Waals surface area contributed by atoms with Gasteiger partial charge in [0.05, 0.1) is 18.1 Å². The van der Waals surface area contributed by atoms with E-state index < -0.39 is 30.0 Å². The average Bonchev–Trinajstić information content (AvgIpc) is 2.65. The molecule has 0 spiro atoms. The molecule has 2 aromatic rings. The highest BCUT2D eigenvalue weighted by Crippen LogP contribution is 2.28. The summed E-state index contributed by atoms with van der Waals surface area (Å²) < 4.78 is 15.0. The van der Waals surface area contributed by atoms with Gasteiger partial charge in [0.15, 0.2) is 13.2 Å². The Morgan fingerprint density at radius 3 is 2.57 bits per heavy atom. The Kier molecular flexibility index (Phi) is 7.16. The number of methoxy groups -OCH3 is 1. The number of esters is 1. The van der Waals surface area contributed by atoms with Crippen LogP contribution in [0.4, 0.5) is 11.4 Å². The first-order chi connectivity index (χ1) is 13.3. The van der Waals surface area contributed by atoms with E-state index in [2.05, 4.69) is 5.32 Å². The highest BCUT2D eigenvalue weighted by Gasteiger charge is 2.18. The Morgan fingerprint density at radius 1 is 1.18 bits per heavy atom. The SMILES string of the molecule is COc1ccc(NC(=O)COC(=O)COc2ccc(Cl)cc2C)c([N+](=O)[O-])c1. The van der Waals surface area contributed by atoms with Gasteiger partial charge in [0.1, 0.15) is 17.2 Å². The van der Waals surface area contributed by atoms with Crippen molar-refractivity contribution >= 4 is 34.9 Å². The van der Waals surface area contributed by atoms with Crippen molar-refractivity contribution in [1.29, 1.82) is 0 Å². The molecule has 0 aliphatic carbocycles. The van der Waals surface area contributed by atoms with Crippen molar-refractivity contribution in [2.24, 2.45) is 0 Å². The van der Waals surface area contributed by atoms with E-state index in [0.717, 1.165) is 5.56 Å². The molecular weight excluding hydrogens is 392 g/mol. The van der Waals surface area contributed by atoms with Crippen LogP contribution >= 0.6 is 11.6 Å². The molecule has 0 bridgehead atoms. The lowest BCUT2D eigenvalue weighted by atomic mass is 10.2. The van der Waals surface area contributed by atoms with E-state index in [9.17, 15) is 19.7 Å². The summed E-state index contributed by atoms with van der Waals surface area (Å²) in [4.78, 5) is 34.1. The lowest BCUT2D eigenvalue weighted by molar-refractivity contribution is -0.384. The molecule has 0 heterocycles. The van der Waals surface area contributed by atoms with Crippen LogP contribution in [0.1, 0.15) is 5.56 Å². The van der Waals surface area contributed by atoms with Gasteiger partial charge in [-0.05, 0) is 42.8 Å². The summed E-state index contributed by atoms with van der Waals surface area (Å²) in [7, 11) is 1.37. The van der Waals surface area contributed by atoms with Crippen molar-refractivity contribution in [2.75, 3.05) is 25.6 Å². The number of carbonyl (C=O) groups excluding carboxylic acids is 2. The highest BCUT2D eigenvalue weighted by atomic mass is 35.5. The average molecular weight is 409 g/mol. The lowest BCUT2D eigenvalue weighted by Crippen LogP contribution is -2.24. The molecule has 0 aliphatic rings. The number of rotatable bonds is 8. The molecule has 2 rings (SSSR count). The van der Waals surface area contributed by atoms with Crippen molar-refractivity contribution in [2.45, 2.75) is 6.92 Å². The fourth-order valence-electron chi connectivity index (χ4n) is 2.18. The second kappa shape index (κ2) is 9.56. The minimum Gasteiger partial charge on any atom is -0.496 e. The zero-order valence-electron chi connectivity index (χ0n) is 15.1. The minimum absolute atomic E-state index is 0.0418. The monoisotopic (exact) mass is 408 g/mol. The van der Waals surface area contributed by atoms with Crippen molar-refractivity contribution < 1.29 is 28.7 Å². The standard InChI is InChI=1S/C18H17ClN2O7/c1-11-7-12(19)3-6-16(11)27-10-18(23)28-9-17(22)20-14-5-4-13(26-2)8-15(14)21(24)25/h3-8H,9-10H2,1-2H3,(H,20,22). The van der Waals surface area contributed by atoms with Gasteiger partial charge in [-0.25, -0.2) is 4.79 Å². The summed E-state index contributed by atoms with van der Waals surface area (Å²) in [5.41, 5.74) is 0.352. The zero-order valence-corrected chi connectivity index (χ0v) is 15.8. The molecule has 0 aliphatic heterocycles. The number of hydrogen-bond acceptors (Lipinski definition) is 7. The first kappa shape index (κ1) is 21.0. The van der Waals surface area contributed by atoms with Crippen molar-refractivity contribution in [3.8, 4) is 11.5 Å². The fraction of sp³-hybridized carbons (Fsp3) is 0.222. The topological polar surface area (TPSA) is 117 Å². The summed E-state index contributed by atoms with van der Waals surface area (Å²) in [5, 5.41) is 14.0. The molecule has 0 saturated heterocycles. The zero-order chi connectivity index (χ0) is 20.7. The Morgan fingerprint density at radius 2 is 1.93 bits per heavy atom. The smallest absolute Gasteiger partial charge is 0.344 e. The molecule has 0 radical (unpaired) electrons. The third kappa shape index (κ3) is 5.85. The first-order valence-electron chi connectivity index (χ1n) is 7.97. The predicted octanol–water partition coefficient (Wildman–Crippen LogP) is 3.13. The van der Waals surface area contributed by atoms with Crippen LogP contribution in [0.3, 0.4) is 0 Å². The van der Waals surface area contributed by atoms with Gasteiger partial charge in [0.2, 0.25) is 0 Å². The maximum absolute atomic E-state index is 11.9. The maximum atomic E-state index is 11.9. The van der Waals surface area contributed by atoms with Gasteiger partial charge in [-0.1, -0.05) is 11.6 Å². The van der Waals surface area contributed by atoms with Crippen LogP contribution in [0.2, 0.25) is 5.02 Å². The third-order valence-corrected chi connectivity index (χ3v) is 3.76. The molecule has 28 heavy (non-hydrogen) atoms. The molecule has 0 saturated carbocycles. The number of halogens is 1. The Bertz CT molecular complexity index is 901. The fourth-order valence-corrected chi connectivity index (χ4v) is 2.41. The number of carbonyl (C=O) groups is 2. The molecule has 148 valence electrons. The van der Waals surface area contributed by atoms with E-state index in [4.69, 9.17) is 25.8 Å². The van der Waals surface area contributed by atoms with Crippen LogP contribution in [0.5, 0.6) is 11.5 Å². The Labute approximate surface area is 165 Å². The second-order valence-corrected chi connectivity index (χ2v) is 5.98. The molecule has 9 nitrogen and oxygen atoms in total. The van der Waals surface area contributed by atoms with Gasteiger partial charge >= 0.3 is 5.97 Å². The number of amides is 1. The Hall–Kier alpha value is -3.33.